The Labute approximate surface area is 113 Å². The number of rotatable bonds is 9. The van der Waals surface area contributed by atoms with Gasteiger partial charge in [-0.1, -0.05) is 0 Å². The molecule has 0 spiro atoms. The molecule has 0 aromatic heterocycles. The number of hydrogen-bond acceptors (Lipinski definition) is 3. The molecule has 0 radical (unpaired) electrons. The summed E-state index contributed by atoms with van der Waals surface area (Å²) in [6.07, 6.45) is 2.95. The normalized spacial score (nSPS) is 15.1. The van der Waals surface area contributed by atoms with Crippen molar-refractivity contribution >= 4 is 12.0 Å². The molecule has 0 aliphatic heterocycles. The summed E-state index contributed by atoms with van der Waals surface area (Å²) in [5.41, 5.74) is -0.530. The van der Waals surface area contributed by atoms with Gasteiger partial charge in [0.2, 0.25) is 0 Å². The minimum atomic E-state index is -0.858. The number of aliphatic carboxylic acids is 1. The molecule has 6 heteroatoms. The van der Waals surface area contributed by atoms with E-state index in [1.807, 2.05) is 0 Å². The zero-order valence-corrected chi connectivity index (χ0v) is 11.7. The van der Waals surface area contributed by atoms with E-state index < -0.39 is 11.5 Å². The van der Waals surface area contributed by atoms with E-state index in [-0.39, 0.29) is 12.5 Å². The maximum atomic E-state index is 11.6. The van der Waals surface area contributed by atoms with Gasteiger partial charge in [-0.25, -0.2) is 4.79 Å². The maximum absolute atomic E-state index is 11.6. The SMILES string of the molecule is CC(C)(CCC(=O)O)NC(=O)NCCOCC1CC1. The molecule has 2 amide bonds. The lowest BCUT2D eigenvalue weighted by Gasteiger charge is -2.25. The van der Waals surface area contributed by atoms with Crippen molar-refractivity contribution in [3.8, 4) is 0 Å². The van der Waals surface area contributed by atoms with Gasteiger partial charge in [0, 0.05) is 25.1 Å². The molecule has 1 aliphatic carbocycles. The van der Waals surface area contributed by atoms with Gasteiger partial charge in [-0.15, -0.1) is 0 Å². The Morgan fingerprint density at radius 3 is 2.63 bits per heavy atom. The first-order valence-corrected chi connectivity index (χ1v) is 6.74. The highest BCUT2D eigenvalue weighted by atomic mass is 16.5. The van der Waals surface area contributed by atoms with Crippen LogP contribution in [0.25, 0.3) is 0 Å². The lowest BCUT2D eigenvalue weighted by molar-refractivity contribution is -0.137. The predicted octanol–water partition coefficient (Wildman–Crippen LogP) is 1.36. The number of carbonyl (C=O) groups is 2. The zero-order chi connectivity index (χ0) is 14.3. The van der Waals surface area contributed by atoms with Crippen LogP contribution in [-0.4, -0.2) is 42.4 Å². The van der Waals surface area contributed by atoms with Crippen molar-refractivity contribution in [1.29, 1.82) is 0 Å². The third-order valence-electron chi connectivity index (χ3n) is 3.00. The van der Waals surface area contributed by atoms with E-state index in [0.29, 0.717) is 19.6 Å². The largest absolute Gasteiger partial charge is 0.481 e. The second-order valence-corrected chi connectivity index (χ2v) is 5.68. The molecule has 1 aliphatic rings. The Morgan fingerprint density at radius 2 is 2.05 bits per heavy atom. The number of carbonyl (C=O) groups excluding carboxylic acids is 1. The Kier molecular flexibility index (Phi) is 6.08. The standard InChI is InChI=1S/C13H24N2O4/c1-13(2,6-5-11(16)17)15-12(18)14-7-8-19-9-10-3-4-10/h10H,3-9H2,1-2H3,(H,16,17)(H2,14,15,18). The Hall–Kier alpha value is -1.30. The van der Waals surface area contributed by atoms with Gasteiger partial charge >= 0.3 is 12.0 Å². The fourth-order valence-corrected chi connectivity index (χ4v) is 1.60. The topological polar surface area (TPSA) is 87.7 Å². The first-order chi connectivity index (χ1) is 8.89. The van der Waals surface area contributed by atoms with Gasteiger partial charge in [0.15, 0.2) is 0 Å². The van der Waals surface area contributed by atoms with Crippen LogP contribution in [0.3, 0.4) is 0 Å². The van der Waals surface area contributed by atoms with Crippen LogP contribution in [0.5, 0.6) is 0 Å². The first-order valence-electron chi connectivity index (χ1n) is 6.74. The van der Waals surface area contributed by atoms with Crippen molar-refractivity contribution in [3.63, 3.8) is 0 Å². The van der Waals surface area contributed by atoms with Gasteiger partial charge in [-0.3, -0.25) is 4.79 Å². The number of hydrogen-bond donors (Lipinski definition) is 3. The molecular formula is C13H24N2O4. The fraction of sp³-hybridized carbons (Fsp3) is 0.846. The average molecular weight is 272 g/mol. The summed E-state index contributed by atoms with van der Waals surface area (Å²) < 4.78 is 5.40. The Balaban J connectivity index is 2.05. The average Bonchev–Trinajstić information content (AvgIpc) is 3.09. The van der Waals surface area contributed by atoms with E-state index in [9.17, 15) is 9.59 Å². The van der Waals surface area contributed by atoms with Crippen molar-refractivity contribution in [3.05, 3.63) is 0 Å². The highest BCUT2D eigenvalue weighted by molar-refractivity contribution is 5.74. The molecule has 0 bridgehead atoms. The molecule has 1 fully saturated rings. The van der Waals surface area contributed by atoms with Crippen LogP contribution >= 0.6 is 0 Å². The van der Waals surface area contributed by atoms with Gasteiger partial charge in [0.25, 0.3) is 0 Å². The third-order valence-corrected chi connectivity index (χ3v) is 3.00. The minimum absolute atomic E-state index is 0.0395. The predicted molar refractivity (Wildman–Crippen MR) is 71.0 cm³/mol. The summed E-state index contributed by atoms with van der Waals surface area (Å²) in [7, 11) is 0. The van der Waals surface area contributed by atoms with E-state index in [1.165, 1.54) is 12.8 Å². The van der Waals surface area contributed by atoms with E-state index in [4.69, 9.17) is 9.84 Å². The molecule has 6 nitrogen and oxygen atoms in total. The lowest BCUT2D eigenvalue weighted by Crippen LogP contribution is -2.49. The molecule has 1 rings (SSSR count). The highest BCUT2D eigenvalue weighted by Gasteiger charge is 2.22. The van der Waals surface area contributed by atoms with Crippen molar-refractivity contribution < 1.29 is 19.4 Å². The molecule has 0 aromatic carbocycles. The number of urea groups is 1. The van der Waals surface area contributed by atoms with Crippen LogP contribution in [0, 0.1) is 5.92 Å². The van der Waals surface area contributed by atoms with Crippen LogP contribution in [0.15, 0.2) is 0 Å². The quantitative estimate of drug-likeness (QED) is 0.553. The number of nitrogens with one attached hydrogen (secondary N) is 2. The van der Waals surface area contributed by atoms with Gasteiger partial charge in [-0.05, 0) is 39.0 Å². The monoisotopic (exact) mass is 272 g/mol. The smallest absolute Gasteiger partial charge is 0.315 e. The molecular weight excluding hydrogens is 248 g/mol. The summed E-state index contributed by atoms with van der Waals surface area (Å²) in [6.45, 7) is 5.37. The second kappa shape index (κ2) is 7.33. The number of carboxylic acid groups (broad SMARTS) is 1. The van der Waals surface area contributed by atoms with Crippen LogP contribution in [-0.2, 0) is 9.53 Å². The minimum Gasteiger partial charge on any atom is -0.481 e. The third kappa shape index (κ3) is 8.42. The van der Waals surface area contributed by atoms with E-state index in [0.717, 1.165) is 12.5 Å². The van der Waals surface area contributed by atoms with Crippen molar-refractivity contribution in [2.45, 2.75) is 45.1 Å². The summed E-state index contributed by atoms with van der Waals surface area (Å²) >= 11 is 0. The van der Waals surface area contributed by atoms with Gasteiger partial charge in [0.1, 0.15) is 0 Å². The summed E-state index contributed by atoms with van der Waals surface area (Å²) in [5, 5.41) is 14.1. The molecule has 0 aromatic rings. The van der Waals surface area contributed by atoms with Crippen molar-refractivity contribution in [2.75, 3.05) is 19.8 Å². The van der Waals surface area contributed by atoms with Gasteiger partial charge in [0.05, 0.1) is 6.61 Å². The molecule has 1 saturated carbocycles. The second-order valence-electron chi connectivity index (χ2n) is 5.68. The van der Waals surface area contributed by atoms with Gasteiger partial charge in [-0.2, -0.15) is 0 Å². The van der Waals surface area contributed by atoms with Crippen LogP contribution in [0.4, 0.5) is 4.79 Å². The van der Waals surface area contributed by atoms with Crippen LogP contribution in [0.2, 0.25) is 0 Å². The molecule has 3 N–H and O–H groups in total. The molecule has 110 valence electrons. The lowest BCUT2D eigenvalue weighted by atomic mass is 9.99. The first kappa shape index (κ1) is 15.8. The van der Waals surface area contributed by atoms with E-state index >= 15 is 0 Å². The van der Waals surface area contributed by atoms with Crippen LogP contribution in [0.1, 0.15) is 39.5 Å². The number of carboxylic acids is 1. The molecule has 0 unspecified atom stereocenters. The van der Waals surface area contributed by atoms with Crippen LogP contribution < -0.4 is 10.6 Å². The highest BCUT2D eigenvalue weighted by Crippen LogP contribution is 2.28. The summed E-state index contributed by atoms with van der Waals surface area (Å²) in [6, 6.07) is -0.287. The zero-order valence-electron chi connectivity index (χ0n) is 11.7. The van der Waals surface area contributed by atoms with E-state index in [1.54, 1.807) is 13.8 Å². The van der Waals surface area contributed by atoms with Crippen molar-refractivity contribution in [2.24, 2.45) is 5.92 Å². The summed E-state index contributed by atoms with van der Waals surface area (Å²) in [5.74, 6) is -0.132. The molecule has 0 saturated heterocycles. The maximum Gasteiger partial charge on any atom is 0.315 e. The molecule has 0 atom stereocenters. The molecule has 0 heterocycles. The summed E-state index contributed by atoms with van der Waals surface area (Å²) in [4.78, 5) is 22.1. The van der Waals surface area contributed by atoms with Gasteiger partial charge < -0.3 is 20.5 Å². The number of ether oxygens (including phenoxy) is 1. The van der Waals surface area contributed by atoms with Crippen molar-refractivity contribution in [1.82, 2.24) is 10.6 Å². The fourth-order valence-electron chi connectivity index (χ4n) is 1.60. The Bertz CT molecular complexity index is 314. The molecule has 19 heavy (non-hydrogen) atoms. The van der Waals surface area contributed by atoms with E-state index in [2.05, 4.69) is 10.6 Å². The number of amides is 2. The Morgan fingerprint density at radius 1 is 1.37 bits per heavy atom.